The van der Waals surface area contributed by atoms with Crippen molar-refractivity contribution in [2.75, 3.05) is 21.9 Å². The molecule has 1 N–H and O–H groups in total. The molecule has 0 bridgehead atoms. The number of carbonyl (C=O) groups is 1. The molecule has 1 amide bonds. The summed E-state index contributed by atoms with van der Waals surface area (Å²) in [6.07, 6.45) is 2.49. The van der Waals surface area contributed by atoms with Crippen LogP contribution in [0.5, 0.6) is 0 Å². The van der Waals surface area contributed by atoms with Crippen molar-refractivity contribution < 1.29 is 4.79 Å². The first-order valence-electron chi connectivity index (χ1n) is 10.5. The van der Waals surface area contributed by atoms with Gasteiger partial charge in [-0.1, -0.05) is 36.4 Å². The van der Waals surface area contributed by atoms with E-state index in [0.29, 0.717) is 5.56 Å². The lowest BCUT2D eigenvalue weighted by molar-refractivity contribution is 0.102. The van der Waals surface area contributed by atoms with Gasteiger partial charge in [0.2, 0.25) is 0 Å². The van der Waals surface area contributed by atoms with E-state index in [-0.39, 0.29) is 5.91 Å². The lowest BCUT2D eigenvalue weighted by atomic mass is 10.1. The summed E-state index contributed by atoms with van der Waals surface area (Å²) >= 11 is 1.86. The Bertz CT molecular complexity index is 1220. The summed E-state index contributed by atoms with van der Waals surface area (Å²) in [5, 5.41) is 4.13. The Balaban J connectivity index is 1.32. The van der Waals surface area contributed by atoms with E-state index in [1.165, 1.54) is 12.8 Å². The summed E-state index contributed by atoms with van der Waals surface area (Å²) in [5.74, 6) is 1.05. The van der Waals surface area contributed by atoms with Crippen LogP contribution in [0.15, 0.2) is 84.9 Å². The number of rotatable bonds is 4. The first-order valence-corrected chi connectivity index (χ1v) is 11.5. The molecule has 0 radical (unpaired) electrons. The molecule has 1 aliphatic heterocycles. The van der Waals surface area contributed by atoms with E-state index in [0.717, 1.165) is 45.8 Å². The average Bonchev–Trinajstić information content (AvgIpc) is 2.84. The Morgan fingerprint density at radius 1 is 0.903 bits per heavy atom. The molecule has 3 aromatic carbocycles. The van der Waals surface area contributed by atoms with Gasteiger partial charge in [0, 0.05) is 40.2 Å². The van der Waals surface area contributed by atoms with Crippen LogP contribution in [0, 0.1) is 0 Å². The molecule has 1 aliphatic rings. The summed E-state index contributed by atoms with van der Waals surface area (Å²) in [6.45, 7) is 1.06. The highest BCUT2D eigenvalue weighted by Gasteiger charge is 2.13. The number of fused-ring (bicyclic) bond motifs is 1. The zero-order valence-corrected chi connectivity index (χ0v) is 17.9. The van der Waals surface area contributed by atoms with E-state index in [1.54, 1.807) is 0 Å². The number of pyridine rings is 1. The maximum atomic E-state index is 12.8. The van der Waals surface area contributed by atoms with E-state index in [4.69, 9.17) is 4.98 Å². The zero-order valence-electron chi connectivity index (χ0n) is 17.1. The molecule has 0 aliphatic carbocycles. The van der Waals surface area contributed by atoms with Gasteiger partial charge in [-0.05, 0) is 73.3 Å². The predicted molar refractivity (Wildman–Crippen MR) is 131 cm³/mol. The molecule has 4 aromatic rings. The fourth-order valence-electron chi connectivity index (χ4n) is 3.77. The molecule has 1 saturated heterocycles. The van der Waals surface area contributed by atoms with Crippen molar-refractivity contribution in [2.45, 2.75) is 12.8 Å². The molecule has 0 unspecified atom stereocenters. The summed E-state index contributed by atoms with van der Waals surface area (Å²) in [7, 11) is 0. The van der Waals surface area contributed by atoms with Crippen molar-refractivity contribution in [1.29, 1.82) is 0 Å². The molecule has 5 rings (SSSR count). The van der Waals surface area contributed by atoms with Crippen LogP contribution in [0.1, 0.15) is 23.2 Å². The second-order valence-corrected chi connectivity index (χ2v) is 8.72. The van der Waals surface area contributed by atoms with Crippen LogP contribution in [-0.2, 0) is 0 Å². The van der Waals surface area contributed by atoms with Gasteiger partial charge in [-0.2, -0.15) is 0 Å². The third kappa shape index (κ3) is 4.42. The van der Waals surface area contributed by atoms with Crippen molar-refractivity contribution in [3.05, 3.63) is 90.5 Å². The molecule has 31 heavy (non-hydrogen) atoms. The van der Waals surface area contributed by atoms with Crippen LogP contribution in [0.3, 0.4) is 0 Å². The Kier molecular flexibility index (Phi) is 5.59. The van der Waals surface area contributed by atoms with E-state index in [9.17, 15) is 4.79 Å². The normalized spacial score (nSPS) is 13.9. The highest BCUT2D eigenvalue weighted by atomic mass is 32.2. The van der Waals surface area contributed by atoms with Crippen LogP contribution in [0.2, 0.25) is 0 Å². The van der Waals surface area contributed by atoms with E-state index in [1.807, 2.05) is 84.7 Å². The number of amides is 1. The number of hydrogen-bond acceptors (Lipinski definition) is 4. The molecule has 0 saturated carbocycles. The molecule has 2 heterocycles. The molecule has 0 spiro atoms. The minimum atomic E-state index is -0.110. The summed E-state index contributed by atoms with van der Waals surface area (Å²) in [6, 6.07) is 27.8. The smallest absolute Gasteiger partial charge is 0.255 e. The van der Waals surface area contributed by atoms with Gasteiger partial charge in [-0.15, -0.1) is 0 Å². The topological polar surface area (TPSA) is 45.2 Å². The van der Waals surface area contributed by atoms with Gasteiger partial charge in [0.25, 0.3) is 5.91 Å². The van der Waals surface area contributed by atoms with Crippen LogP contribution >= 0.6 is 11.9 Å². The van der Waals surface area contributed by atoms with Crippen LogP contribution in [-0.4, -0.2) is 23.2 Å². The van der Waals surface area contributed by atoms with Crippen molar-refractivity contribution in [3.8, 4) is 11.3 Å². The van der Waals surface area contributed by atoms with Gasteiger partial charge in [-0.25, -0.2) is 4.98 Å². The number of nitrogens with one attached hydrogen (secondary N) is 1. The van der Waals surface area contributed by atoms with Crippen LogP contribution in [0.25, 0.3) is 22.2 Å². The van der Waals surface area contributed by atoms with E-state index < -0.39 is 0 Å². The maximum Gasteiger partial charge on any atom is 0.255 e. The van der Waals surface area contributed by atoms with Crippen LogP contribution in [0.4, 0.5) is 11.4 Å². The van der Waals surface area contributed by atoms with Crippen molar-refractivity contribution in [1.82, 2.24) is 4.98 Å². The van der Waals surface area contributed by atoms with Gasteiger partial charge in [0.1, 0.15) is 0 Å². The van der Waals surface area contributed by atoms with Crippen LogP contribution < -0.4 is 9.62 Å². The second kappa shape index (κ2) is 8.82. The minimum Gasteiger partial charge on any atom is -0.322 e. The van der Waals surface area contributed by atoms with E-state index in [2.05, 4.69) is 21.8 Å². The van der Waals surface area contributed by atoms with Crippen molar-refractivity contribution in [3.63, 3.8) is 0 Å². The number of nitrogens with zero attached hydrogens (tertiary/aromatic N) is 2. The van der Waals surface area contributed by atoms with E-state index >= 15 is 0 Å². The quantitative estimate of drug-likeness (QED) is 0.384. The Hall–Kier alpha value is -3.31. The number of para-hydroxylation sites is 1. The molecule has 4 nitrogen and oxygen atoms in total. The lowest BCUT2D eigenvalue weighted by Gasteiger charge is -2.27. The summed E-state index contributed by atoms with van der Waals surface area (Å²) < 4.78 is 2.31. The molecule has 1 aromatic heterocycles. The number of hydrogen-bond donors (Lipinski definition) is 1. The van der Waals surface area contributed by atoms with Gasteiger partial charge >= 0.3 is 0 Å². The predicted octanol–water partition coefficient (Wildman–Crippen LogP) is 6.40. The number of aromatic nitrogens is 1. The lowest BCUT2D eigenvalue weighted by Crippen LogP contribution is -2.21. The number of carbonyl (C=O) groups excluding carboxylic acids is 1. The molecular formula is C26H23N3OS. The maximum absolute atomic E-state index is 12.8. The third-order valence-corrected chi connectivity index (χ3v) is 6.61. The van der Waals surface area contributed by atoms with Gasteiger partial charge in [0.15, 0.2) is 0 Å². The van der Waals surface area contributed by atoms with Gasteiger partial charge in [0.05, 0.1) is 11.2 Å². The molecule has 154 valence electrons. The fourth-order valence-corrected chi connectivity index (χ4v) is 4.85. The largest absolute Gasteiger partial charge is 0.322 e. The Morgan fingerprint density at radius 2 is 1.77 bits per heavy atom. The Morgan fingerprint density at radius 3 is 2.61 bits per heavy atom. The fraction of sp³-hybridized carbons (Fsp3) is 0.154. The second-order valence-electron chi connectivity index (χ2n) is 7.61. The number of benzene rings is 3. The van der Waals surface area contributed by atoms with Crippen molar-refractivity contribution in [2.24, 2.45) is 0 Å². The molecule has 5 heteroatoms. The monoisotopic (exact) mass is 425 g/mol. The summed E-state index contributed by atoms with van der Waals surface area (Å²) in [5.41, 5.74) is 5.39. The molecule has 0 atom stereocenters. The molecule has 1 fully saturated rings. The SMILES string of the molecule is O=C(Nc1cccc(-c2ccc3ccccc3n2)c1)c1ccc(N2CCCCS2)cc1. The zero-order chi connectivity index (χ0) is 21.0. The summed E-state index contributed by atoms with van der Waals surface area (Å²) in [4.78, 5) is 17.5. The standard InChI is InChI=1S/C26H23N3OS/c30-26(20-10-13-23(14-11-20)29-16-3-4-17-31-29)27-22-8-5-7-21(18-22)25-15-12-19-6-1-2-9-24(19)28-25/h1-2,5-15,18H,3-4,16-17H2,(H,27,30). The highest BCUT2D eigenvalue weighted by Crippen LogP contribution is 2.28. The van der Waals surface area contributed by atoms with Gasteiger partial charge < -0.3 is 9.62 Å². The first kappa shape index (κ1) is 19.6. The third-order valence-electron chi connectivity index (χ3n) is 5.43. The number of anilines is 2. The molecular weight excluding hydrogens is 402 g/mol. The van der Waals surface area contributed by atoms with Crippen molar-refractivity contribution >= 4 is 40.1 Å². The minimum absolute atomic E-state index is 0.110. The average molecular weight is 426 g/mol. The first-order chi connectivity index (χ1) is 15.3. The van der Waals surface area contributed by atoms with Gasteiger partial charge in [-0.3, -0.25) is 4.79 Å². The Labute approximate surface area is 186 Å². The highest BCUT2D eigenvalue weighted by molar-refractivity contribution is 8.00.